The molecule has 0 N–H and O–H groups in total. The van der Waals surface area contributed by atoms with Gasteiger partial charge in [-0.2, -0.15) is 0 Å². The molecule has 0 radical (unpaired) electrons. The number of anilines is 2. The van der Waals surface area contributed by atoms with Crippen LogP contribution >= 0.6 is 0 Å². The summed E-state index contributed by atoms with van der Waals surface area (Å²) in [6.45, 7) is 5.14. The Morgan fingerprint density at radius 1 is 0.889 bits per heavy atom. The quantitative estimate of drug-likeness (QED) is 0.786. The number of likely N-dealkylation sites (N-methyl/N-ethyl adjacent to an activating group) is 1. The number of piperazine rings is 1. The summed E-state index contributed by atoms with van der Waals surface area (Å²) < 4.78 is 5.75. The molecular formula is C22H25N3O2. The third-order valence-electron chi connectivity index (χ3n) is 5.16. The number of benzene rings is 2. The second-order valence-corrected chi connectivity index (χ2v) is 7.00. The van der Waals surface area contributed by atoms with E-state index in [0.717, 1.165) is 43.1 Å². The van der Waals surface area contributed by atoms with Crippen molar-refractivity contribution >= 4 is 23.4 Å². The molecule has 5 heteroatoms. The summed E-state index contributed by atoms with van der Waals surface area (Å²) in [5.74, 6) is 0.326. The second kappa shape index (κ2) is 7.84. The Bertz CT molecular complexity index is 826. The molecule has 0 aromatic heterocycles. The fourth-order valence-corrected chi connectivity index (χ4v) is 3.59. The normalized spacial score (nSPS) is 20.0. The molecule has 2 aliphatic heterocycles. The molecule has 0 atom stereocenters. The van der Waals surface area contributed by atoms with E-state index in [0.29, 0.717) is 18.9 Å². The highest BCUT2D eigenvalue weighted by Crippen LogP contribution is 2.27. The number of carbonyl (C=O) groups excluding carboxylic acids is 1. The monoisotopic (exact) mass is 363 g/mol. The first-order valence-electron chi connectivity index (χ1n) is 9.46. The van der Waals surface area contributed by atoms with Gasteiger partial charge in [0.1, 0.15) is 6.61 Å². The summed E-state index contributed by atoms with van der Waals surface area (Å²) in [6.07, 6.45) is 1.89. The van der Waals surface area contributed by atoms with Crippen molar-refractivity contribution in [2.24, 2.45) is 0 Å². The van der Waals surface area contributed by atoms with Crippen LogP contribution in [-0.2, 0) is 9.53 Å². The van der Waals surface area contributed by atoms with Crippen molar-refractivity contribution in [1.29, 1.82) is 0 Å². The lowest BCUT2D eigenvalue weighted by molar-refractivity contribution is -0.120. The van der Waals surface area contributed by atoms with E-state index in [1.54, 1.807) is 4.90 Å². The average Bonchev–Trinajstić information content (AvgIpc) is 2.71. The molecule has 5 nitrogen and oxygen atoms in total. The Hall–Kier alpha value is -2.79. The maximum atomic E-state index is 13.0. The topological polar surface area (TPSA) is 36.0 Å². The molecular weight excluding hydrogens is 338 g/mol. The van der Waals surface area contributed by atoms with Crippen LogP contribution < -0.4 is 9.80 Å². The maximum absolute atomic E-state index is 13.0. The van der Waals surface area contributed by atoms with Gasteiger partial charge in [0.05, 0.1) is 6.54 Å². The summed E-state index contributed by atoms with van der Waals surface area (Å²) >= 11 is 0. The Balaban J connectivity index is 1.61. The lowest BCUT2D eigenvalue weighted by Gasteiger charge is -2.35. The summed E-state index contributed by atoms with van der Waals surface area (Å²) in [6, 6.07) is 18.0. The van der Waals surface area contributed by atoms with E-state index in [2.05, 4.69) is 35.0 Å². The highest BCUT2D eigenvalue weighted by Gasteiger charge is 2.26. The predicted molar refractivity (Wildman–Crippen MR) is 109 cm³/mol. The molecule has 2 aromatic carbocycles. The molecule has 0 spiro atoms. The third kappa shape index (κ3) is 3.83. The SMILES string of the molecule is CN1CCN(c2ccccc2/C=C2/OCCN(c3ccccc3)C2=O)CC1. The third-order valence-corrected chi connectivity index (χ3v) is 5.16. The van der Waals surface area contributed by atoms with E-state index in [-0.39, 0.29) is 5.91 Å². The number of rotatable bonds is 3. The summed E-state index contributed by atoms with van der Waals surface area (Å²) in [5, 5.41) is 0. The molecule has 4 rings (SSSR count). The van der Waals surface area contributed by atoms with Crippen LogP contribution in [0.2, 0.25) is 0 Å². The van der Waals surface area contributed by atoms with Crippen molar-refractivity contribution in [2.75, 3.05) is 56.2 Å². The Morgan fingerprint density at radius 2 is 1.59 bits per heavy atom. The number of nitrogens with zero attached hydrogens (tertiary/aromatic N) is 3. The first-order valence-corrected chi connectivity index (χ1v) is 9.46. The van der Waals surface area contributed by atoms with Crippen molar-refractivity contribution < 1.29 is 9.53 Å². The van der Waals surface area contributed by atoms with Crippen molar-refractivity contribution in [3.8, 4) is 0 Å². The molecule has 27 heavy (non-hydrogen) atoms. The van der Waals surface area contributed by atoms with Crippen LogP contribution in [0, 0.1) is 0 Å². The number of amides is 1. The van der Waals surface area contributed by atoms with E-state index in [9.17, 15) is 4.79 Å². The van der Waals surface area contributed by atoms with Gasteiger partial charge in [-0.1, -0.05) is 36.4 Å². The van der Waals surface area contributed by atoms with Crippen molar-refractivity contribution in [1.82, 2.24) is 4.90 Å². The van der Waals surface area contributed by atoms with Gasteiger partial charge in [0.2, 0.25) is 0 Å². The standard InChI is InChI=1S/C22H25N3O2/c1-23-11-13-24(14-12-23)20-10-6-5-7-18(20)17-21-22(26)25(15-16-27-21)19-8-3-2-4-9-19/h2-10,17H,11-16H2,1H3/b21-17+. The molecule has 0 unspecified atom stereocenters. The number of hydrogen-bond acceptors (Lipinski definition) is 4. The summed E-state index contributed by atoms with van der Waals surface area (Å²) in [5.41, 5.74) is 3.09. The van der Waals surface area contributed by atoms with Gasteiger partial charge in [-0.15, -0.1) is 0 Å². The number of morpholine rings is 1. The second-order valence-electron chi connectivity index (χ2n) is 7.00. The zero-order valence-electron chi connectivity index (χ0n) is 15.7. The summed E-state index contributed by atoms with van der Waals surface area (Å²) in [7, 11) is 2.15. The van der Waals surface area contributed by atoms with Crippen LogP contribution in [0.3, 0.4) is 0 Å². The van der Waals surface area contributed by atoms with Crippen molar-refractivity contribution in [3.05, 3.63) is 65.9 Å². The molecule has 1 amide bonds. The van der Waals surface area contributed by atoms with E-state index in [4.69, 9.17) is 4.74 Å². The Labute approximate surface area is 160 Å². The Morgan fingerprint density at radius 3 is 2.37 bits per heavy atom. The molecule has 2 saturated heterocycles. The van der Waals surface area contributed by atoms with Crippen LogP contribution in [0.15, 0.2) is 60.4 Å². The first kappa shape index (κ1) is 17.6. The molecule has 0 saturated carbocycles. The van der Waals surface area contributed by atoms with Gasteiger partial charge in [-0.05, 0) is 31.3 Å². The van der Waals surface area contributed by atoms with Gasteiger partial charge in [0.15, 0.2) is 5.76 Å². The largest absolute Gasteiger partial charge is 0.486 e. The minimum Gasteiger partial charge on any atom is -0.486 e. The van der Waals surface area contributed by atoms with E-state index in [1.807, 2.05) is 42.5 Å². The van der Waals surface area contributed by atoms with Crippen LogP contribution in [0.1, 0.15) is 5.56 Å². The fourth-order valence-electron chi connectivity index (χ4n) is 3.59. The molecule has 0 bridgehead atoms. The van der Waals surface area contributed by atoms with Gasteiger partial charge in [0, 0.05) is 43.1 Å². The smallest absolute Gasteiger partial charge is 0.293 e. The van der Waals surface area contributed by atoms with Crippen molar-refractivity contribution in [2.45, 2.75) is 0 Å². The maximum Gasteiger partial charge on any atom is 0.293 e. The van der Waals surface area contributed by atoms with E-state index >= 15 is 0 Å². The zero-order chi connectivity index (χ0) is 18.6. The number of hydrogen-bond donors (Lipinski definition) is 0. The van der Waals surface area contributed by atoms with Gasteiger partial charge >= 0.3 is 0 Å². The van der Waals surface area contributed by atoms with Crippen LogP contribution in [-0.4, -0.2) is 57.2 Å². The molecule has 2 aliphatic rings. The van der Waals surface area contributed by atoms with Gasteiger partial charge in [-0.25, -0.2) is 0 Å². The zero-order valence-corrected chi connectivity index (χ0v) is 15.7. The molecule has 0 aliphatic carbocycles. The minimum atomic E-state index is -0.0827. The molecule has 140 valence electrons. The van der Waals surface area contributed by atoms with Crippen LogP contribution in [0.25, 0.3) is 6.08 Å². The van der Waals surface area contributed by atoms with Gasteiger partial charge in [-0.3, -0.25) is 4.79 Å². The molecule has 2 aromatic rings. The Kier molecular flexibility index (Phi) is 5.12. The number of carbonyl (C=O) groups is 1. The number of ether oxygens (including phenoxy) is 1. The van der Waals surface area contributed by atoms with Gasteiger partial charge < -0.3 is 19.4 Å². The first-order chi connectivity index (χ1) is 13.2. The summed E-state index contributed by atoms with van der Waals surface area (Å²) in [4.78, 5) is 19.5. The predicted octanol–water partition coefficient (Wildman–Crippen LogP) is 2.84. The highest BCUT2D eigenvalue weighted by atomic mass is 16.5. The van der Waals surface area contributed by atoms with Gasteiger partial charge in [0.25, 0.3) is 5.91 Å². The van der Waals surface area contributed by atoms with Crippen LogP contribution in [0.4, 0.5) is 11.4 Å². The fraction of sp³-hybridized carbons (Fsp3) is 0.318. The average molecular weight is 363 g/mol. The van der Waals surface area contributed by atoms with Crippen molar-refractivity contribution in [3.63, 3.8) is 0 Å². The number of para-hydroxylation sites is 2. The molecule has 2 heterocycles. The lowest BCUT2D eigenvalue weighted by atomic mass is 10.1. The van der Waals surface area contributed by atoms with E-state index in [1.165, 1.54) is 0 Å². The molecule has 2 fully saturated rings. The lowest BCUT2D eigenvalue weighted by Crippen LogP contribution is -2.44. The minimum absolute atomic E-state index is 0.0827. The van der Waals surface area contributed by atoms with Crippen LogP contribution in [0.5, 0.6) is 0 Å². The van der Waals surface area contributed by atoms with E-state index < -0.39 is 0 Å². The highest BCUT2D eigenvalue weighted by molar-refractivity contribution is 6.07.